The maximum Gasteiger partial charge on any atom is 0.250 e. The van der Waals surface area contributed by atoms with Crippen molar-refractivity contribution < 1.29 is 23.5 Å². The molecule has 1 N–H and O–H groups in total. The van der Waals surface area contributed by atoms with Gasteiger partial charge >= 0.3 is 0 Å². The summed E-state index contributed by atoms with van der Waals surface area (Å²) in [5.41, 5.74) is 2.40. The van der Waals surface area contributed by atoms with Gasteiger partial charge in [0.2, 0.25) is 11.7 Å². The van der Waals surface area contributed by atoms with E-state index in [1.807, 2.05) is 6.92 Å². The van der Waals surface area contributed by atoms with E-state index in [-0.39, 0.29) is 24.1 Å². The maximum absolute atomic E-state index is 12.8. The van der Waals surface area contributed by atoms with Crippen LogP contribution in [0.4, 0.5) is 5.69 Å². The lowest BCUT2D eigenvalue weighted by Crippen LogP contribution is -2.16. The van der Waals surface area contributed by atoms with Crippen molar-refractivity contribution in [2.24, 2.45) is 0 Å². The number of hydrogen-bond acceptors (Lipinski definition) is 5. The van der Waals surface area contributed by atoms with E-state index in [0.717, 1.165) is 10.9 Å². The number of methoxy groups -OCH3 is 2. The first-order valence-electron chi connectivity index (χ1n) is 8.04. The Morgan fingerprint density at radius 3 is 2.65 bits per heavy atom. The molecule has 0 atom stereocenters. The summed E-state index contributed by atoms with van der Waals surface area (Å²) >= 11 is 0. The summed E-state index contributed by atoms with van der Waals surface area (Å²) in [5, 5.41) is 3.51. The molecule has 0 aliphatic rings. The molecular formula is C20H19NO5. The summed E-state index contributed by atoms with van der Waals surface area (Å²) in [4.78, 5) is 24.5. The number of anilines is 1. The number of benzene rings is 2. The van der Waals surface area contributed by atoms with Crippen LogP contribution in [-0.2, 0) is 9.53 Å². The van der Waals surface area contributed by atoms with Gasteiger partial charge < -0.3 is 19.2 Å². The molecule has 26 heavy (non-hydrogen) atoms. The van der Waals surface area contributed by atoms with Crippen LogP contribution in [0, 0.1) is 6.92 Å². The van der Waals surface area contributed by atoms with Crippen molar-refractivity contribution in [2.75, 3.05) is 26.1 Å². The van der Waals surface area contributed by atoms with E-state index in [1.165, 1.54) is 7.11 Å². The predicted octanol–water partition coefficient (Wildman–Crippen LogP) is 3.57. The SMILES string of the molecule is COCC(=O)Nc1ccc2oc(C(=O)c3cccc(OC)c3)c(C)c2c1. The quantitative estimate of drug-likeness (QED) is 0.686. The van der Waals surface area contributed by atoms with Crippen molar-refractivity contribution in [3.05, 3.63) is 59.4 Å². The van der Waals surface area contributed by atoms with Crippen LogP contribution in [-0.4, -0.2) is 32.5 Å². The number of aryl methyl sites for hydroxylation is 1. The number of furan rings is 1. The smallest absolute Gasteiger partial charge is 0.250 e. The number of fused-ring (bicyclic) bond motifs is 1. The van der Waals surface area contributed by atoms with Gasteiger partial charge in [-0.1, -0.05) is 12.1 Å². The minimum Gasteiger partial charge on any atom is -0.497 e. The second-order valence-corrected chi connectivity index (χ2v) is 5.81. The molecule has 0 unspecified atom stereocenters. The molecule has 3 aromatic rings. The average molecular weight is 353 g/mol. The third-order valence-electron chi connectivity index (χ3n) is 4.03. The van der Waals surface area contributed by atoms with Gasteiger partial charge in [0.05, 0.1) is 7.11 Å². The van der Waals surface area contributed by atoms with Gasteiger partial charge in [0.1, 0.15) is 17.9 Å². The molecular weight excluding hydrogens is 334 g/mol. The van der Waals surface area contributed by atoms with Gasteiger partial charge in [-0.15, -0.1) is 0 Å². The largest absolute Gasteiger partial charge is 0.497 e. The summed E-state index contributed by atoms with van der Waals surface area (Å²) in [6.07, 6.45) is 0. The number of carbonyl (C=O) groups excluding carboxylic acids is 2. The van der Waals surface area contributed by atoms with Crippen LogP contribution in [0.5, 0.6) is 5.75 Å². The van der Waals surface area contributed by atoms with Gasteiger partial charge in [-0.3, -0.25) is 9.59 Å². The Labute approximate surface area is 150 Å². The fourth-order valence-corrected chi connectivity index (χ4v) is 2.74. The summed E-state index contributed by atoms with van der Waals surface area (Å²) in [7, 11) is 3.01. The second-order valence-electron chi connectivity index (χ2n) is 5.81. The Hall–Kier alpha value is -3.12. The third-order valence-corrected chi connectivity index (χ3v) is 4.03. The van der Waals surface area contributed by atoms with Crippen molar-refractivity contribution >= 4 is 28.3 Å². The van der Waals surface area contributed by atoms with E-state index in [9.17, 15) is 9.59 Å². The molecule has 1 heterocycles. The maximum atomic E-state index is 12.8. The number of amides is 1. The zero-order chi connectivity index (χ0) is 18.7. The fourth-order valence-electron chi connectivity index (χ4n) is 2.74. The molecule has 134 valence electrons. The summed E-state index contributed by atoms with van der Waals surface area (Å²) < 4.78 is 15.7. The molecule has 0 saturated carbocycles. The van der Waals surface area contributed by atoms with E-state index in [0.29, 0.717) is 22.6 Å². The third kappa shape index (κ3) is 3.45. The molecule has 0 bridgehead atoms. The van der Waals surface area contributed by atoms with Gasteiger partial charge in [-0.2, -0.15) is 0 Å². The van der Waals surface area contributed by atoms with Crippen LogP contribution in [0.25, 0.3) is 11.0 Å². The number of ether oxygens (including phenoxy) is 2. The number of ketones is 1. The highest BCUT2D eigenvalue weighted by molar-refractivity contribution is 6.11. The van der Waals surface area contributed by atoms with Gasteiger partial charge in [0.15, 0.2) is 5.76 Å². The standard InChI is InChI=1S/C20H19NO5/c1-12-16-10-14(21-18(22)11-24-2)7-8-17(16)26-20(12)19(23)13-5-4-6-15(9-13)25-3/h4-10H,11H2,1-3H3,(H,21,22). The molecule has 6 nitrogen and oxygen atoms in total. The molecule has 0 radical (unpaired) electrons. The summed E-state index contributed by atoms with van der Waals surface area (Å²) in [5.74, 6) is 0.407. The number of nitrogens with one attached hydrogen (secondary N) is 1. The van der Waals surface area contributed by atoms with Gasteiger partial charge in [0, 0.05) is 29.3 Å². The molecule has 0 aliphatic carbocycles. The number of hydrogen-bond donors (Lipinski definition) is 1. The van der Waals surface area contributed by atoms with Crippen molar-refractivity contribution in [1.29, 1.82) is 0 Å². The monoisotopic (exact) mass is 353 g/mol. The Kier molecular flexibility index (Phi) is 5.04. The number of carbonyl (C=O) groups is 2. The van der Waals surface area contributed by atoms with E-state index >= 15 is 0 Å². The molecule has 0 aliphatic heterocycles. The van der Waals surface area contributed by atoms with Gasteiger partial charge in [-0.25, -0.2) is 0 Å². The van der Waals surface area contributed by atoms with Crippen molar-refractivity contribution in [3.8, 4) is 5.75 Å². The molecule has 6 heteroatoms. The van der Waals surface area contributed by atoms with Crippen LogP contribution in [0.2, 0.25) is 0 Å². The molecule has 2 aromatic carbocycles. The van der Waals surface area contributed by atoms with Crippen LogP contribution < -0.4 is 10.1 Å². The van der Waals surface area contributed by atoms with E-state index < -0.39 is 0 Å². The summed E-state index contributed by atoms with van der Waals surface area (Å²) in [6, 6.07) is 12.2. The Bertz CT molecular complexity index is 973. The first-order valence-corrected chi connectivity index (χ1v) is 8.04. The minimum atomic E-state index is -0.249. The van der Waals surface area contributed by atoms with E-state index in [1.54, 1.807) is 49.6 Å². The molecule has 0 spiro atoms. The molecule has 1 amide bonds. The lowest BCUT2D eigenvalue weighted by atomic mass is 10.0. The fraction of sp³-hybridized carbons (Fsp3) is 0.200. The lowest BCUT2D eigenvalue weighted by molar-refractivity contribution is -0.119. The topological polar surface area (TPSA) is 77.8 Å². The van der Waals surface area contributed by atoms with E-state index in [4.69, 9.17) is 13.9 Å². The van der Waals surface area contributed by atoms with Crippen molar-refractivity contribution in [3.63, 3.8) is 0 Å². The Morgan fingerprint density at radius 2 is 1.92 bits per heavy atom. The Morgan fingerprint density at radius 1 is 1.12 bits per heavy atom. The zero-order valence-corrected chi connectivity index (χ0v) is 14.8. The molecule has 1 aromatic heterocycles. The van der Waals surface area contributed by atoms with Crippen LogP contribution in [0.15, 0.2) is 46.9 Å². The normalized spacial score (nSPS) is 10.7. The van der Waals surface area contributed by atoms with Crippen molar-refractivity contribution in [1.82, 2.24) is 0 Å². The van der Waals surface area contributed by atoms with Crippen LogP contribution in [0.1, 0.15) is 21.7 Å². The van der Waals surface area contributed by atoms with Gasteiger partial charge in [0.25, 0.3) is 0 Å². The summed E-state index contributed by atoms with van der Waals surface area (Å²) in [6.45, 7) is 1.79. The minimum absolute atomic E-state index is 0.0258. The van der Waals surface area contributed by atoms with Crippen LogP contribution >= 0.6 is 0 Å². The first kappa shape index (κ1) is 17.7. The highest BCUT2D eigenvalue weighted by Crippen LogP contribution is 2.30. The average Bonchev–Trinajstić information content (AvgIpc) is 2.97. The molecule has 0 saturated heterocycles. The number of rotatable bonds is 6. The molecule has 0 fully saturated rings. The van der Waals surface area contributed by atoms with E-state index in [2.05, 4.69) is 5.32 Å². The first-order chi connectivity index (χ1) is 12.5. The lowest BCUT2D eigenvalue weighted by Gasteiger charge is -2.04. The Balaban J connectivity index is 1.95. The zero-order valence-electron chi connectivity index (χ0n) is 14.8. The second kappa shape index (κ2) is 7.41. The van der Waals surface area contributed by atoms with Crippen molar-refractivity contribution in [2.45, 2.75) is 6.92 Å². The highest BCUT2D eigenvalue weighted by Gasteiger charge is 2.20. The molecule has 3 rings (SSSR count). The highest BCUT2D eigenvalue weighted by atomic mass is 16.5. The van der Waals surface area contributed by atoms with Gasteiger partial charge in [-0.05, 0) is 37.3 Å². The van der Waals surface area contributed by atoms with Crippen LogP contribution in [0.3, 0.4) is 0 Å². The predicted molar refractivity (Wildman–Crippen MR) is 97.9 cm³/mol.